The molecule has 0 radical (unpaired) electrons. The highest BCUT2D eigenvalue weighted by Crippen LogP contribution is 2.22. The van der Waals surface area contributed by atoms with Gasteiger partial charge in [-0.15, -0.1) is 0 Å². The first-order valence-electron chi connectivity index (χ1n) is 9.48. The van der Waals surface area contributed by atoms with Crippen molar-refractivity contribution in [1.29, 1.82) is 0 Å². The van der Waals surface area contributed by atoms with E-state index in [0.717, 1.165) is 4.47 Å². The van der Waals surface area contributed by atoms with Crippen molar-refractivity contribution in [2.45, 2.75) is 30.6 Å². The molecule has 0 fully saturated rings. The fourth-order valence-electron chi connectivity index (χ4n) is 2.94. The molecule has 0 spiro atoms. The van der Waals surface area contributed by atoms with Crippen molar-refractivity contribution in [3.63, 3.8) is 0 Å². The number of hydrogen-bond acceptors (Lipinski definition) is 6. The first kappa shape index (κ1) is 22.2. The summed E-state index contributed by atoms with van der Waals surface area (Å²) in [6.07, 6.45) is 1.37. The van der Waals surface area contributed by atoms with Crippen molar-refractivity contribution in [3.8, 4) is 0 Å². The highest BCUT2D eigenvalue weighted by atomic mass is 79.9. The SMILES string of the molecule is O=C(CCCN=C1NS(=O)(=O)c2ccccc21)OCCCC(=O)c1ccc(Br)cc1. The number of nitrogens with one attached hydrogen (secondary N) is 1. The van der Waals surface area contributed by atoms with Gasteiger partial charge in [0, 0.05) is 35.0 Å². The van der Waals surface area contributed by atoms with Crippen LogP contribution in [0.5, 0.6) is 0 Å². The Morgan fingerprint density at radius 3 is 2.50 bits per heavy atom. The Kier molecular flexibility index (Phi) is 7.38. The summed E-state index contributed by atoms with van der Waals surface area (Å²) >= 11 is 3.32. The summed E-state index contributed by atoms with van der Waals surface area (Å²) in [5.74, 6) is -0.0576. The van der Waals surface area contributed by atoms with Crippen molar-refractivity contribution >= 4 is 43.5 Å². The van der Waals surface area contributed by atoms with Crippen LogP contribution in [0.1, 0.15) is 41.6 Å². The molecule has 2 aromatic rings. The van der Waals surface area contributed by atoms with Gasteiger partial charge >= 0.3 is 5.97 Å². The maximum Gasteiger partial charge on any atom is 0.305 e. The second-order valence-corrected chi connectivity index (χ2v) is 9.26. The Bertz CT molecular complexity index is 1070. The minimum Gasteiger partial charge on any atom is -0.466 e. The molecule has 0 saturated carbocycles. The van der Waals surface area contributed by atoms with Crippen LogP contribution in [-0.4, -0.2) is 39.2 Å². The van der Waals surface area contributed by atoms with Gasteiger partial charge < -0.3 is 4.74 Å². The Hall–Kier alpha value is -2.52. The molecule has 3 rings (SSSR count). The van der Waals surface area contributed by atoms with Crippen LogP contribution < -0.4 is 4.72 Å². The van der Waals surface area contributed by atoms with Gasteiger partial charge in [0.2, 0.25) is 0 Å². The number of carbonyl (C=O) groups excluding carboxylic acids is 2. The third kappa shape index (κ3) is 5.76. The zero-order valence-corrected chi connectivity index (χ0v) is 18.5. The molecule has 0 aliphatic carbocycles. The molecule has 0 aromatic heterocycles. The molecule has 1 N–H and O–H groups in total. The van der Waals surface area contributed by atoms with E-state index in [1.54, 1.807) is 30.3 Å². The van der Waals surface area contributed by atoms with E-state index in [1.165, 1.54) is 6.07 Å². The zero-order valence-electron chi connectivity index (χ0n) is 16.1. The molecule has 1 heterocycles. The molecule has 0 saturated heterocycles. The van der Waals surface area contributed by atoms with Gasteiger partial charge in [0.1, 0.15) is 5.84 Å². The van der Waals surface area contributed by atoms with Gasteiger partial charge in [-0.2, -0.15) is 0 Å². The number of rotatable bonds is 9. The van der Waals surface area contributed by atoms with Gasteiger partial charge in [0.05, 0.1) is 11.5 Å². The quantitative estimate of drug-likeness (QED) is 0.328. The summed E-state index contributed by atoms with van der Waals surface area (Å²) < 4.78 is 32.5. The number of ether oxygens (including phenoxy) is 1. The number of carbonyl (C=O) groups is 2. The van der Waals surface area contributed by atoms with Gasteiger partial charge in [0.25, 0.3) is 10.0 Å². The second kappa shape index (κ2) is 9.99. The Morgan fingerprint density at radius 1 is 1.00 bits per heavy atom. The van der Waals surface area contributed by atoms with Crippen molar-refractivity contribution in [2.24, 2.45) is 4.99 Å². The van der Waals surface area contributed by atoms with Crippen LogP contribution in [0.3, 0.4) is 0 Å². The summed E-state index contributed by atoms with van der Waals surface area (Å²) in [6, 6.07) is 13.7. The molecule has 158 valence electrons. The van der Waals surface area contributed by atoms with E-state index in [0.29, 0.717) is 42.8 Å². The lowest BCUT2D eigenvalue weighted by atomic mass is 10.1. The van der Waals surface area contributed by atoms with E-state index in [1.807, 2.05) is 12.1 Å². The normalized spacial score (nSPS) is 15.4. The molecule has 2 aromatic carbocycles. The number of aliphatic imine (C=N–C) groups is 1. The number of amidine groups is 1. The number of nitrogens with zero attached hydrogens (tertiary/aromatic N) is 1. The first-order chi connectivity index (χ1) is 14.4. The summed E-state index contributed by atoms with van der Waals surface area (Å²) in [4.78, 5) is 28.3. The number of benzene rings is 2. The van der Waals surface area contributed by atoms with Crippen molar-refractivity contribution in [3.05, 3.63) is 64.1 Å². The Balaban J connectivity index is 1.35. The van der Waals surface area contributed by atoms with Gasteiger partial charge in [-0.3, -0.25) is 19.3 Å². The molecule has 0 bridgehead atoms. The predicted molar refractivity (Wildman–Crippen MR) is 116 cm³/mol. The Morgan fingerprint density at radius 2 is 1.73 bits per heavy atom. The van der Waals surface area contributed by atoms with Gasteiger partial charge in [0.15, 0.2) is 5.78 Å². The van der Waals surface area contributed by atoms with Gasteiger partial charge in [-0.25, -0.2) is 8.42 Å². The molecular weight excluding hydrogens is 472 g/mol. The number of Topliss-reactive ketones (excluding diaryl/α,β-unsaturated/α-hetero) is 1. The summed E-state index contributed by atoms with van der Waals surface area (Å²) in [6.45, 7) is 0.478. The predicted octanol–water partition coefficient (Wildman–Crippen LogP) is 3.47. The lowest BCUT2D eigenvalue weighted by Gasteiger charge is -2.05. The number of halogens is 1. The molecule has 0 atom stereocenters. The van der Waals surface area contributed by atoms with Crippen molar-refractivity contribution in [2.75, 3.05) is 13.2 Å². The highest BCUT2D eigenvalue weighted by molar-refractivity contribution is 9.10. The van der Waals surface area contributed by atoms with Gasteiger partial charge in [-0.1, -0.05) is 40.2 Å². The zero-order chi connectivity index (χ0) is 21.6. The number of ketones is 1. The number of hydrogen-bond donors (Lipinski definition) is 1. The largest absolute Gasteiger partial charge is 0.466 e. The van der Waals surface area contributed by atoms with E-state index in [4.69, 9.17) is 4.74 Å². The van der Waals surface area contributed by atoms with E-state index in [9.17, 15) is 18.0 Å². The van der Waals surface area contributed by atoms with Crippen molar-refractivity contribution in [1.82, 2.24) is 4.72 Å². The third-order valence-electron chi connectivity index (χ3n) is 4.45. The molecule has 0 amide bonds. The van der Waals surface area contributed by atoms with Crippen LogP contribution in [0.2, 0.25) is 0 Å². The minimum absolute atomic E-state index is 0.00803. The average Bonchev–Trinajstić information content (AvgIpc) is 2.99. The van der Waals surface area contributed by atoms with Crippen LogP contribution in [0.4, 0.5) is 0 Å². The lowest BCUT2D eigenvalue weighted by molar-refractivity contribution is -0.143. The van der Waals surface area contributed by atoms with Crippen LogP contribution in [0, 0.1) is 0 Å². The third-order valence-corrected chi connectivity index (χ3v) is 6.37. The summed E-state index contributed by atoms with van der Waals surface area (Å²) in [5, 5.41) is 0. The summed E-state index contributed by atoms with van der Waals surface area (Å²) in [7, 11) is -3.55. The monoisotopic (exact) mass is 492 g/mol. The number of sulfonamides is 1. The van der Waals surface area contributed by atoms with Crippen LogP contribution in [0.25, 0.3) is 0 Å². The molecular formula is C21H21BrN2O5S. The van der Waals surface area contributed by atoms with E-state index < -0.39 is 10.0 Å². The number of esters is 1. The Labute approximate surface area is 183 Å². The molecule has 1 aliphatic rings. The van der Waals surface area contributed by atoms with Crippen LogP contribution in [-0.2, 0) is 19.6 Å². The first-order valence-corrected chi connectivity index (χ1v) is 11.8. The van der Waals surface area contributed by atoms with E-state index in [-0.39, 0.29) is 29.7 Å². The second-order valence-electron chi connectivity index (χ2n) is 6.69. The lowest BCUT2D eigenvalue weighted by Crippen LogP contribution is -2.22. The highest BCUT2D eigenvalue weighted by Gasteiger charge is 2.29. The summed E-state index contributed by atoms with van der Waals surface area (Å²) in [5.41, 5.74) is 1.17. The fraction of sp³-hybridized carbons (Fsp3) is 0.286. The maximum absolute atomic E-state index is 12.1. The molecule has 9 heteroatoms. The minimum atomic E-state index is -3.55. The molecule has 1 aliphatic heterocycles. The van der Waals surface area contributed by atoms with E-state index in [2.05, 4.69) is 25.6 Å². The molecule has 7 nitrogen and oxygen atoms in total. The number of fused-ring (bicyclic) bond motifs is 1. The smallest absolute Gasteiger partial charge is 0.305 e. The molecule has 30 heavy (non-hydrogen) atoms. The van der Waals surface area contributed by atoms with Gasteiger partial charge in [-0.05, 0) is 37.1 Å². The fourth-order valence-corrected chi connectivity index (χ4v) is 4.45. The molecule has 0 unspecified atom stereocenters. The van der Waals surface area contributed by atoms with E-state index >= 15 is 0 Å². The standard InChI is InChI=1S/C21H21BrN2O5S/c22-16-11-9-15(10-12-16)18(25)6-4-14-29-20(26)8-3-13-23-21-17-5-1-2-7-19(17)30(27,28)24-21/h1-2,5,7,9-12H,3-4,6,8,13-14H2,(H,23,24). The van der Waals surface area contributed by atoms with Crippen LogP contribution in [0.15, 0.2) is 62.9 Å². The average molecular weight is 493 g/mol. The van der Waals surface area contributed by atoms with Crippen LogP contribution >= 0.6 is 15.9 Å². The van der Waals surface area contributed by atoms with Crippen molar-refractivity contribution < 1.29 is 22.7 Å². The topological polar surface area (TPSA) is 102 Å². The maximum atomic E-state index is 12.1.